The third kappa shape index (κ3) is 4.43. The van der Waals surface area contributed by atoms with Crippen molar-refractivity contribution in [3.8, 4) is 11.5 Å². The highest BCUT2D eigenvalue weighted by atomic mass is 31.2. The van der Waals surface area contributed by atoms with Gasteiger partial charge < -0.3 is 9.26 Å². The van der Waals surface area contributed by atoms with Crippen molar-refractivity contribution in [2.75, 3.05) is 0 Å². The number of phosphoric ester groups is 1. The molecule has 0 aliphatic heterocycles. The van der Waals surface area contributed by atoms with Gasteiger partial charge in [-0.2, -0.15) is 0 Å². The molecule has 0 aliphatic rings. The molecule has 0 saturated carbocycles. The fraction of sp³-hybridized carbons (Fsp3) is 0.0714. The van der Waals surface area contributed by atoms with Crippen LogP contribution in [0.1, 0.15) is 15.9 Å². The zero-order chi connectivity index (χ0) is 15.5. The number of carbonyl (C=O) groups is 1. The minimum absolute atomic E-state index is 0.0635. The summed E-state index contributed by atoms with van der Waals surface area (Å²) in [5.41, 5.74) is 1.32. The standard InChI is InChI=1S/C14H13O6P/c1-10-6-8-11(9-7-10)14(15)19-12-4-2-3-5-13(12)20-21(16,17)18/h2-9H,1H3,(H2,16,17,18). The third-order valence-electron chi connectivity index (χ3n) is 2.56. The van der Waals surface area contributed by atoms with Gasteiger partial charge in [-0.3, -0.25) is 9.79 Å². The Hall–Kier alpha value is -2.14. The van der Waals surface area contributed by atoms with Gasteiger partial charge in [-0.25, -0.2) is 9.36 Å². The van der Waals surface area contributed by atoms with Crippen LogP contribution in [-0.2, 0) is 4.57 Å². The van der Waals surface area contributed by atoms with E-state index >= 15 is 0 Å². The van der Waals surface area contributed by atoms with Crippen LogP contribution in [-0.4, -0.2) is 15.8 Å². The molecule has 2 aromatic rings. The van der Waals surface area contributed by atoms with Gasteiger partial charge in [0.05, 0.1) is 5.56 Å². The molecule has 0 aromatic heterocycles. The first-order chi connectivity index (χ1) is 9.85. The second kappa shape index (κ2) is 6.10. The molecule has 21 heavy (non-hydrogen) atoms. The van der Waals surface area contributed by atoms with Crippen molar-refractivity contribution in [2.24, 2.45) is 0 Å². The van der Waals surface area contributed by atoms with E-state index in [0.717, 1.165) is 5.56 Å². The zero-order valence-electron chi connectivity index (χ0n) is 11.1. The van der Waals surface area contributed by atoms with E-state index < -0.39 is 13.8 Å². The highest BCUT2D eigenvalue weighted by molar-refractivity contribution is 7.46. The molecule has 110 valence electrons. The van der Waals surface area contributed by atoms with Crippen LogP contribution in [0.5, 0.6) is 11.5 Å². The van der Waals surface area contributed by atoms with Gasteiger partial charge in [-0.15, -0.1) is 0 Å². The molecule has 0 fully saturated rings. The van der Waals surface area contributed by atoms with Gasteiger partial charge in [0.2, 0.25) is 0 Å². The summed E-state index contributed by atoms with van der Waals surface area (Å²) in [6.45, 7) is 1.89. The van der Waals surface area contributed by atoms with Gasteiger partial charge >= 0.3 is 13.8 Å². The van der Waals surface area contributed by atoms with E-state index in [4.69, 9.17) is 14.5 Å². The first kappa shape index (κ1) is 15.3. The fourth-order valence-electron chi connectivity index (χ4n) is 1.59. The maximum absolute atomic E-state index is 12.0. The van der Waals surface area contributed by atoms with Crippen LogP contribution in [0.15, 0.2) is 48.5 Å². The molecule has 0 amide bonds. The number of para-hydroxylation sites is 2. The lowest BCUT2D eigenvalue weighted by atomic mass is 10.1. The molecule has 0 unspecified atom stereocenters. The molecule has 0 bridgehead atoms. The van der Waals surface area contributed by atoms with Crippen LogP contribution in [0.2, 0.25) is 0 Å². The van der Waals surface area contributed by atoms with Gasteiger partial charge in [-0.05, 0) is 31.2 Å². The van der Waals surface area contributed by atoms with E-state index in [1.165, 1.54) is 18.2 Å². The highest BCUT2D eigenvalue weighted by Gasteiger charge is 2.20. The van der Waals surface area contributed by atoms with E-state index in [9.17, 15) is 9.36 Å². The van der Waals surface area contributed by atoms with Gasteiger partial charge in [0, 0.05) is 0 Å². The van der Waals surface area contributed by atoms with E-state index in [1.807, 2.05) is 6.92 Å². The Balaban J connectivity index is 2.21. The fourth-order valence-corrected chi connectivity index (χ4v) is 1.99. The van der Waals surface area contributed by atoms with E-state index in [0.29, 0.717) is 5.56 Å². The average molecular weight is 308 g/mol. The van der Waals surface area contributed by atoms with Crippen molar-refractivity contribution < 1.29 is 28.4 Å². The Kier molecular flexibility index (Phi) is 4.43. The number of ether oxygens (including phenoxy) is 1. The molecule has 0 heterocycles. The third-order valence-corrected chi connectivity index (χ3v) is 2.99. The number of rotatable bonds is 4. The predicted octanol–water partition coefficient (Wildman–Crippen LogP) is 2.69. The van der Waals surface area contributed by atoms with Crippen LogP contribution >= 0.6 is 7.82 Å². The molecule has 2 rings (SSSR count). The quantitative estimate of drug-likeness (QED) is 0.512. The maximum atomic E-state index is 12.0. The molecular formula is C14H13O6P. The van der Waals surface area contributed by atoms with E-state index in [-0.39, 0.29) is 11.5 Å². The molecule has 0 saturated heterocycles. The predicted molar refractivity (Wildman–Crippen MR) is 75.3 cm³/mol. The lowest BCUT2D eigenvalue weighted by molar-refractivity contribution is 0.0730. The van der Waals surface area contributed by atoms with Crippen molar-refractivity contribution in [1.29, 1.82) is 0 Å². The Labute approximate surface area is 121 Å². The molecule has 0 radical (unpaired) electrons. The summed E-state index contributed by atoms with van der Waals surface area (Å²) < 4.78 is 20.5. The molecule has 2 aromatic carbocycles. The first-order valence-corrected chi connectivity index (χ1v) is 7.51. The summed E-state index contributed by atoms with van der Waals surface area (Å²) in [6.07, 6.45) is 0. The topological polar surface area (TPSA) is 93.1 Å². The number of hydrogen-bond donors (Lipinski definition) is 2. The SMILES string of the molecule is Cc1ccc(C(=O)Oc2ccccc2OP(=O)(O)O)cc1. The normalized spacial score (nSPS) is 11.0. The van der Waals surface area contributed by atoms with Gasteiger partial charge in [0.1, 0.15) is 0 Å². The van der Waals surface area contributed by atoms with E-state index in [1.54, 1.807) is 30.3 Å². The van der Waals surface area contributed by atoms with Crippen molar-refractivity contribution in [1.82, 2.24) is 0 Å². The minimum Gasteiger partial charge on any atom is -0.419 e. The Morgan fingerprint density at radius 2 is 1.57 bits per heavy atom. The summed E-state index contributed by atoms with van der Waals surface area (Å²) in [5.74, 6) is -0.908. The van der Waals surface area contributed by atoms with Crippen molar-refractivity contribution in [3.05, 3.63) is 59.7 Å². The number of phosphoric acid groups is 1. The van der Waals surface area contributed by atoms with Gasteiger partial charge in [-0.1, -0.05) is 29.8 Å². The van der Waals surface area contributed by atoms with Crippen LogP contribution in [0.4, 0.5) is 0 Å². The van der Waals surface area contributed by atoms with E-state index in [2.05, 4.69) is 4.52 Å². The number of esters is 1. The van der Waals surface area contributed by atoms with Crippen LogP contribution in [0.3, 0.4) is 0 Å². The summed E-state index contributed by atoms with van der Waals surface area (Å²) in [7, 11) is -4.73. The maximum Gasteiger partial charge on any atom is 0.524 e. The van der Waals surface area contributed by atoms with Crippen molar-refractivity contribution >= 4 is 13.8 Å². The molecule has 0 aliphatic carbocycles. The van der Waals surface area contributed by atoms with Crippen LogP contribution in [0, 0.1) is 6.92 Å². The van der Waals surface area contributed by atoms with Crippen molar-refractivity contribution in [3.63, 3.8) is 0 Å². The lowest BCUT2D eigenvalue weighted by Crippen LogP contribution is -2.09. The number of aryl methyl sites for hydroxylation is 1. The summed E-state index contributed by atoms with van der Waals surface area (Å²) >= 11 is 0. The smallest absolute Gasteiger partial charge is 0.419 e. The van der Waals surface area contributed by atoms with Gasteiger partial charge in [0.15, 0.2) is 11.5 Å². The first-order valence-electron chi connectivity index (χ1n) is 5.98. The Morgan fingerprint density at radius 3 is 2.14 bits per heavy atom. The molecule has 6 nitrogen and oxygen atoms in total. The summed E-state index contributed by atoms with van der Waals surface area (Å²) in [6, 6.07) is 12.5. The summed E-state index contributed by atoms with van der Waals surface area (Å²) in [4.78, 5) is 29.6. The number of benzene rings is 2. The largest absolute Gasteiger partial charge is 0.524 e. The monoisotopic (exact) mass is 308 g/mol. The Morgan fingerprint density at radius 1 is 1.00 bits per heavy atom. The van der Waals surface area contributed by atoms with Crippen LogP contribution < -0.4 is 9.26 Å². The molecule has 0 spiro atoms. The molecule has 2 N–H and O–H groups in total. The minimum atomic E-state index is -4.73. The molecule has 7 heteroatoms. The summed E-state index contributed by atoms with van der Waals surface area (Å²) in [5, 5.41) is 0. The second-order valence-electron chi connectivity index (χ2n) is 4.28. The lowest BCUT2D eigenvalue weighted by Gasteiger charge is -2.11. The second-order valence-corrected chi connectivity index (χ2v) is 5.45. The van der Waals surface area contributed by atoms with Crippen molar-refractivity contribution in [2.45, 2.75) is 6.92 Å². The number of carbonyl (C=O) groups excluding carboxylic acids is 1. The van der Waals surface area contributed by atoms with Crippen LogP contribution in [0.25, 0.3) is 0 Å². The Bertz CT molecular complexity index is 689. The highest BCUT2D eigenvalue weighted by Crippen LogP contribution is 2.41. The molecular weight excluding hydrogens is 295 g/mol. The molecule has 0 atom stereocenters. The zero-order valence-corrected chi connectivity index (χ0v) is 12.0. The number of hydrogen-bond acceptors (Lipinski definition) is 4. The average Bonchev–Trinajstić information content (AvgIpc) is 2.40. The van der Waals surface area contributed by atoms with Gasteiger partial charge in [0.25, 0.3) is 0 Å².